The van der Waals surface area contributed by atoms with E-state index in [0.29, 0.717) is 22.0 Å². The van der Waals surface area contributed by atoms with Gasteiger partial charge < -0.3 is 5.32 Å². The first-order valence-electron chi connectivity index (χ1n) is 7.24. The number of para-hydroxylation sites is 1. The minimum Gasteiger partial charge on any atom is -0.300 e. The normalized spacial score (nSPS) is 11.1. The van der Waals surface area contributed by atoms with Crippen LogP contribution in [0, 0.1) is 0 Å². The van der Waals surface area contributed by atoms with Gasteiger partial charge in [-0.25, -0.2) is 9.97 Å². The topological polar surface area (TPSA) is 76.9 Å². The summed E-state index contributed by atoms with van der Waals surface area (Å²) < 4.78 is 1.30. The lowest BCUT2D eigenvalue weighted by Crippen LogP contribution is -2.27. The Labute approximate surface area is 136 Å². The summed E-state index contributed by atoms with van der Waals surface area (Å²) in [6.07, 6.45) is 1.39. The molecule has 0 fully saturated rings. The first-order valence-corrected chi connectivity index (χ1v) is 8.12. The quantitative estimate of drug-likeness (QED) is 0.798. The molecule has 3 aromatic rings. The molecule has 0 bridgehead atoms. The van der Waals surface area contributed by atoms with Crippen molar-refractivity contribution in [2.75, 3.05) is 5.32 Å². The highest BCUT2D eigenvalue weighted by atomic mass is 32.1. The van der Waals surface area contributed by atoms with Crippen LogP contribution in [-0.4, -0.2) is 20.4 Å². The molecule has 2 aromatic heterocycles. The highest BCUT2D eigenvalue weighted by Crippen LogP contribution is 2.21. The Kier molecular flexibility index (Phi) is 4.20. The number of nitrogens with one attached hydrogen (secondary N) is 1. The van der Waals surface area contributed by atoms with Crippen molar-refractivity contribution in [3.63, 3.8) is 0 Å². The first kappa shape index (κ1) is 15.4. The number of benzene rings is 1. The van der Waals surface area contributed by atoms with Gasteiger partial charge in [0.2, 0.25) is 5.91 Å². The third-order valence-electron chi connectivity index (χ3n) is 3.41. The van der Waals surface area contributed by atoms with E-state index in [2.05, 4.69) is 15.3 Å². The summed E-state index contributed by atoms with van der Waals surface area (Å²) in [6, 6.07) is 7.07. The van der Waals surface area contributed by atoms with E-state index in [9.17, 15) is 9.59 Å². The number of nitrogens with zero attached hydrogens (tertiary/aromatic N) is 3. The maximum Gasteiger partial charge on any atom is 0.261 e. The molecular formula is C16H16N4O2S. The van der Waals surface area contributed by atoms with Crippen molar-refractivity contribution in [2.24, 2.45) is 0 Å². The third-order valence-corrected chi connectivity index (χ3v) is 4.18. The van der Waals surface area contributed by atoms with Crippen LogP contribution < -0.4 is 10.9 Å². The number of aromatic nitrogens is 3. The second-order valence-corrected chi connectivity index (χ2v) is 6.33. The van der Waals surface area contributed by atoms with E-state index in [-0.39, 0.29) is 18.0 Å². The van der Waals surface area contributed by atoms with Crippen LogP contribution >= 0.6 is 11.3 Å². The molecule has 1 amide bonds. The van der Waals surface area contributed by atoms with Crippen LogP contribution in [0.5, 0.6) is 0 Å². The average Bonchev–Trinajstić information content (AvgIpc) is 2.99. The number of hydrogen-bond donors (Lipinski definition) is 1. The van der Waals surface area contributed by atoms with Gasteiger partial charge in [-0.15, -0.1) is 11.3 Å². The zero-order chi connectivity index (χ0) is 16.4. The molecule has 0 aliphatic rings. The van der Waals surface area contributed by atoms with Crippen molar-refractivity contribution < 1.29 is 4.79 Å². The van der Waals surface area contributed by atoms with E-state index in [1.165, 1.54) is 22.2 Å². The standard InChI is InChI=1S/C16H16N4O2S/c1-10(2)13-8-23-16(18-13)19-14(21)7-20-9-17-12-6-4-3-5-11(12)15(20)22/h3-6,8-10H,7H2,1-2H3,(H,18,19,21). The summed E-state index contributed by atoms with van der Waals surface area (Å²) in [4.78, 5) is 33.0. The SMILES string of the molecule is CC(C)c1csc(NC(=O)Cn2cnc3ccccc3c2=O)n1. The molecule has 0 saturated heterocycles. The van der Waals surface area contributed by atoms with E-state index in [4.69, 9.17) is 0 Å². The number of hydrogen-bond acceptors (Lipinski definition) is 5. The summed E-state index contributed by atoms with van der Waals surface area (Å²) in [7, 11) is 0. The molecule has 2 heterocycles. The van der Waals surface area contributed by atoms with Gasteiger partial charge in [-0.2, -0.15) is 0 Å². The summed E-state index contributed by atoms with van der Waals surface area (Å²) in [5, 5.41) is 5.68. The number of anilines is 1. The maximum absolute atomic E-state index is 12.3. The van der Waals surface area contributed by atoms with Gasteiger partial charge in [-0.3, -0.25) is 14.2 Å². The molecule has 118 valence electrons. The Balaban J connectivity index is 1.77. The van der Waals surface area contributed by atoms with Gasteiger partial charge in [0.25, 0.3) is 5.56 Å². The number of rotatable bonds is 4. The Morgan fingerprint density at radius 1 is 1.35 bits per heavy atom. The molecule has 0 saturated carbocycles. The van der Waals surface area contributed by atoms with Crippen LogP contribution in [0.25, 0.3) is 10.9 Å². The third kappa shape index (κ3) is 3.29. The Bertz CT molecular complexity index is 914. The summed E-state index contributed by atoms with van der Waals surface area (Å²) in [5.41, 5.74) is 1.33. The summed E-state index contributed by atoms with van der Waals surface area (Å²) in [6.45, 7) is 4.00. The van der Waals surface area contributed by atoms with Crippen molar-refractivity contribution in [1.82, 2.24) is 14.5 Å². The van der Waals surface area contributed by atoms with Crippen molar-refractivity contribution in [3.8, 4) is 0 Å². The van der Waals surface area contributed by atoms with E-state index in [0.717, 1.165) is 5.69 Å². The predicted molar refractivity (Wildman–Crippen MR) is 90.8 cm³/mol. The largest absolute Gasteiger partial charge is 0.300 e. The fourth-order valence-corrected chi connectivity index (χ4v) is 3.03. The van der Waals surface area contributed by atoms with Gasteiger partial charge in [0, 0.05) is 5.38 Å². The lowest BCUT2D eigenvalue weighted by molar-refractivity contribution is -0.116. The minimum atomic E-state index is -0.297. The van der Waals surface area contributed by atoms with Crippen LogP contribution in [-0.2, 0) is 11.3 Å². The van der Waals surface area contributed by atoms with Crippen LogP contribution in [0.3, 0.4) is 0 Å². The summed E-state index contributed by atoms with van der Waals surface area (Å²) >= 11 is 1.38. The molecule has 0 aliphatic heterocycles. The van der Waals surface area contributed by atoms with Crippen molar-refractivity contribution in [1.29, 1.82) is 0 Å². The molecule has 0 unspecified atom stereocenters. The van der Waals surface area contributed by atoms with Crippen molar-refractivity contribution in [2.45, 2.75) is 26.3 Å². The monoisotopic (exact) mass is 328 g/mol. The Morgan fingerprint density at radius 3 is 2.87 bits per heavy atom. The molecule has 1 N–H and O–H groups in total. The lowest BCUT2D eigenvalue weighted by atomic mass is 10.2. The van der Waals surface area contributed by atoms with Gasteiger partial charge in [0.05, 0.1) is 22.9 Å². The van der Waals surface area contributed by atoms with Crippen LogP contribution in [0.15, 0.2) is 40.8 Å². The van der Waals surface area contributed by atoms with E-state index >= 15 is 0 Å². The molecule has 0 atom stereocenters. The molecule has 7 heteroatoms. The molecule has 0 radical (unpaired) electrons. The molecule has 23 heavy (non-hydrogen) atoms. The molecule has 6 nitrogen and oxygen atoms in total. The van der Waals surface area contributed by atoms with Crippen molar-refractivity contribution >= 4 is 33.3 Å². The number of fused-ring (bicyclic) bond motifs is 1. The Hall–Kier alpha value is -2.54. The average molecular weight is 328 g/mol. The molecule has 0 aliphatic carbocycles. The van der Waals surface area contributed by atoms with E-state index in [1.807, 2.05) is 25.3 Å². The summed E-state index contributed by atoms with van der Waals surface area (Å²) in [5.74, 6) is 0.0121. The second kappa shape index (κ2) is 6.29. The number of carbonyl (C=O) groups excluding carboxylic acids is 1. The molecule has 3 rings (SSSR count). The zero-order valence-corrected chi connectivity index (χ0v) is 13.6. The van der Waals surface area contributed by atoms with Crippen LogP contribution in [0.2, 0.25) is 0 Å². The van der Waals surface area contributed by atoms with Crippen molar-refractivity contribution in [3.05, 3.63) is 52.0 Å². The lowest BCUT2D eigenvalue weighted by Gasteiger charge is -2.06. The highest BCUT2D eigenvalue weighted by molar-refractivity contribution is 7.13. The molecule has 1 aromatic carbocycles. The van der Waals surface area contributed by atoms with Gasteiger partial charge >= 0.3 is 0 Å². The highest BCUT2D eigenvalue weighted by Gasteiger charge is 2.11. The minimum absolute atomic E-state index is 0.0900. The number of carbonyl (C=O) groups is 1. The smallest absolute Gasteiger partial charge is 0.261 e. The van der Waals surface area contributed by atoms with Gasteiger partial charge in [-0.05, 0) is 18.1 Å². The van der Waals surface area contributed by atoms with Crippen LogP contribution in [0.1, 0.15) is 25.5 Å². The van der Waals surface area contributed by atoms with Gasteiger partial charge in [-0.1, -0.05) is 26.0 Å². The van der Waals surface area contributed by atoms with Gasteiger partial charge in [0.15, 0.2) is 5.13 Å². The fourth-order valence-electron chi connectivity index (χ4n) is 2.14. The predicted octanol–water partition coefficient (Wildman–Crippen LogP) is 2.62. The Morgan fingerprint density at radius 2 is 2.13 bits per heavy atom. The second-order valence-electron chi connectivity index (χ2n) is 5.48. The fraction of sp³-hybridized carbons (Fsp3) is 0.250. The van der Waals surface area contributed by atoms with Crippen LogP contribution in [0.4, 0.5) is 5.13 Å². The molecular weight excluding hydrogens is 312 g/mol. The number of amides is 1. The van der Waals surface area contributed by atoms with E-state index < -0.39 is 0 Å². The van der Waals surface area contributed by atoms with Gasteiger partial charge in [0.1, 0.15) is 6.54 Å². The first-order chi connectivity index (χ1) is 11.0. The maximum atomic E-state index is 12.3. The number of thiazole rings is 1. The molecule has 0 spiro atoms. The zero-order valence-electron chi connectivity index (χ0n) is 12.8. The van der Waals surface area contributed by atoms with E-state index in [1.54, 1.807) is 18.2 Å².